The summed E-state index contributed by atoms with van der Waals surface area (Å²) in [5, 5.41) is 5.77. The van der Waals surface area contributed by atoms with E-state index in [-0.39, 0.29) is 11.7 Å². The smallest absolute Gasteiger partial charge is 0.233 e. The van der Waals surface area contributed by atoms with Crippen molar-refractivity contribution in [2.45, 2.75) is 0 Å². The van der Waals surface area contributed by atoms with Crippen molar-refractivity contribution in [1.29, 1.82) is 0 Å². The molecular weight excluding hydrogens is 315 g/mol. The number of aromatic nitrogens is 1. The van der Waals surface area contributed by atoms with E-state index in [1.807, 2.05) is 60.3 Å². The van der Waals surface area contributed by atoms with Gasteiger partial charge in [-0.1, -0.05) is 30.3 Å². The fourth-order valence-electron chi connectivity index (χ4n) is 3.10. The van der Waals surface area contributed by atoms with Crippen molar-refractivity contribution in [3.05, 3.63) is 84.7 Å². The molecule has 4 heteroatoms. The molecule has 0 unspecified atom stereocenters. The van der Waals surface area contributed by atoms with Crippen molar-refractivity contribution >= 4 is 33.3 Å². The van der Waals surface area contributed by atoms with E-state index in [0.717, 1.165) is 27.4 Å². The van der Waals surface area contributed by atoms with E-state index in [4.69, 9.17) is 0 Å². The zero-order valence-electron chi connectivity index (χ0n) is 13.7. The molecule has 0 atom stereocenters. The lowest BCUT2D eigenvalue weighted by molar-refractivity contribution is -0.112. The number of nitrogens with zero attached hydrogens (tertiary/aromatic N) is 1. The Balaban J connectivity index is 1.58. The van der Waals surface area contributed by atoms with Crippen LogP contribution in [0.3, 0.4) is 0 Å². The summed E-state index contributed by atoms with van der Waals surface area (Å²) in [6.07, 6.45) is 3.32. The molecule has 3 nitrogen and oxygen atoms in total. The Kier molecular flexibility index (Phi) is 3.73. The lowest BCUT2D eigenvalue weighted by Gasteiger charge is -2.06. The highest BCUT2D eigenvalue weighted by Crippen LogP contribution is 2.24. The number of rotatable bonds is 3. The minimum Gasteiger partial charge on any atom is -0.350 e. The number of carbonyl (C=O) groups is 1. The third-order valence-corrected chi connectivity index (χ3v) is 4.29. The lowest BCUT2D eigenvalue weighted by atomic mass is 10.1. The highest BCUT2D eigenvalue weighted by molar-refractivity contribution is 6.04. The third kappa shape index (κ3) is 2.98. The number of benzene rings is 3. The molecule has 0 aliphatic carbocycles. The number of hydrogen-bond donors (Lipinski definition) is 1. The van der Waals surface area contributed by atoms with Gasteiger partial charge in [0, 0.05) is 29.8 Å². The van der Waals surface area contributed by atoms with Crippen LogP contribution in [-0.4, -0.2) is 10.5 Å². The van der Waals surface area contributed by atoms with E-state index >= 15 is 0 Å². The molecule has 0 spiro atoms. The van der Waals surface area contributed by atoms with Crippen molar-refractivity contribution in [2.24, 2.45) is 7.05 Å². The quantitative estimate of drug-likeness (QED) is 0.582. The summed E-state index contributed by atoms with van der Waals surface area (Å²) in [7, 11) is 1.87. The van der Waals surface area contributed by atoms with Gasteiger partial charge in [-0.3, -0.25) is 4.79 Å². The second-order valence-electron chi connectivity index (χ2n) is 6.05. The van der Waals surface area contributed by atoms with Crippen LogP contribution >= 0.6 is 0 Å². The van der Waals surface area contributed by atoms with E-state index in [2.05, 4.69) is 5.32 Å². The van der Waals surface area contributed by atoms with Gasteiger partial charge in [-0.15, -0.1) is 0 Å². The number of aryl methyl sites for hydroxylation is 1. The summed E-state index contributed by atoms with van der Waals surface area (Å²) < 4.78 is 15.4. The first-order chi connectivity index (χ1) is 12.1. The molecular formula is C21H16FN2O. The Morgan fingerprint density at radius 2 is 1.84 bits per heavy atom. The fraction of sp³-hybridized carbons (Fsp3) is 0.0476. The van der Waals surface area contributed by atoms with Gasteiger partial charge in [-0.05, 0) is 46.7 Å². The Labute approximate surface area is 144 Å². The molecule has 123 valence electrons. The molecule has 0 aliphatic rings. The Morgan fingerprint density at radius 3 is 2.68 bits per heavy atom. The van der Waals surface area contributed by atoms with Gasteiger partial charge in [0.1, 0.15) is 5.82 Å². The summed E-state index contributed by atoms with van der Waals surface area (Å²) in [5.41, 5.74) is 2.30. The molecule has 1 N–H and O–H groups in total. The van der Waals surface area contributed by atoms with Crippen molar-refractivity contribution < 1.29 is 9.18 Å². The van der Waals surface area contributed by atoms with E-state index in [1.165, 1.54) is 18.6 Å². The number of fused-ring (bicyclic) bond motifs is 2. The molecule has 1 amide bonds. The minimum absolute atomic E-state index is 0.243. The standard InChI is InChI=1S/C21H16FN2O/c1-24-13-16(19-12-17(22)7-9-20(19)24)11-21(25)23-18-8-6-14-4-2-3-5-15(14)10-18/h2-13H,1H3,(H,23,25). The molecule has 1 radical (unpaired) electrons. The number of carbonyl (C=O) groups excluding carboxylic acids is 1. The van der Waals surface area contributed by atoms with Crippen LogP contribution in [-0.2, 0) is 11.8 Å². The maximum atomic E-state index is 13.5. The second-order valence-corrected chi connectivity index (χ2v) is 6.05. The third-order valence-electron chi connectivity index (χ3n) is 4.29. The molecule has 0 bridgehead atoms. The number of amides is 1. The first kappa shape index (κ1) is 15.4. The molecule has 4 aromatic rings. The molecule has 0 fully saturated rings. The lowest BCUT2D eigenvalue weighted by Crippen LogP contribution is -2.12. The number of hydrogen-bond acceptors (Lipinski definition) is 1. The molecule has 3 aromatic carbocycles. The zero-order chi connectivity index (χ0) is 17.4. The molecule has 4 rings (SSSR count). The molecule has 0 aliphatic heterocycles. The summed E-state index contributed by atoms with van der Waals surface area (Å²) in [4.78, 5) is 12.4. The van der Waals surface area contributed by atoms with Crippen molar-refractivity contribution in [1.82, 2.24) is 4.57 Å². The molecule has 0 saturated heterocycles. The van der Waals surface area contributed by atoms with Crippen molar-refractivity contribution in [2.75, 3.05) is 5.32 Å². The normalized spacial score (nSPS) is 11.1. The highest BCUT2D eigenvalue weighted by atomic mass is 19.1. The summed E-state index contributed by atoms with van der Waals surface area (Å²) in [6.45, 7) is 0. The van der Waals surface area contributed by atoms with Crippen LogP contribution in [0.2, 0.25) is 0 Å². The zero-order valence-corrected chi connectivity index (χ0v) is 13.7. The van der Waals surface area contributed by atoms with Crippen molar-refractivity contribution in [3.8, 4) is 0 Å². The average molecular weight is 331 g/mol. The summed E-state index contributed by atoms with van der Waals surface area (Å²) >= 11 is 0. The second kappa shape index (κ2) is 6.06. The molecule has 1 heterocycles. The van der Waals surface area contributed by atoms with Crippen LogP contribution in [0, 0.1) is 12.2 Å². The monoisotopic (exact) mass is 331 g/mol. The largest absolute Gasteiger partial charge is 0.350 e. The summed E-state index contributed by atoms with van der Waals surface area (Å²) in [5.74, 6) is -0.560. The molecule has 0 saturated carbocycles. The maximum absolute atomic E-state index is 13.5. The minimum atomic E-state index is -0.316. The molecule has 1 aromatic heterocycles. The van der Waals surface area contributed by atoms with Gasteiger partial charge in [0.15, 0.2) is 0 Å². The predicted molar refractivity (Wildman–Crippen MR) is 98.9 cm³/mol. The fourth-order valence-corrected chi connectivity index (χ4v) is 3.10. The molecule has 25 heavy (non-hydrogen) atoms. The Bertz CT molecular complexity index is 1100. The van der Waals surface area contributed by atoms with Gasteiger partial charge in [-0.25, -0.2) is 4.39 Å². The van der Waals surface area contributed by atoms with Gasteiger partial charge in [0.25, 0.3) is 0 Å². The van der Waals surface area contributed by atoms with Gasteiger partial charge >= 0.3 is 0 Å². The first-order valence-corrected chi connectivity index (χ1v) is 7.99. The number of anilines is 1. The highest BCUT2D eigenvalue weighted by Gasteiger charge is 2.12. The Morgan fingerprint density at radius 1 is 1.04 bits per heavy atom. The van der Waals surface area contributed by atoms with E-state index in [9.17, 15) is 9.18 Å². The number of halogens is 1. The van der Waals surface area contributed by atoms with Crippen LogP contribution < -0.4 is 5.32 Å². The van der Waals surface area contributed by atoms with Gasteiger partial charge in [0.05, 0.1) is 6.42 Å². The van der Waals surface area contributed by atoms with Crippen LogP contribution in [0.25, 0.3) is 21.7 Å². The summed E-state index contributed by atoms with van der Waals surface area (Å²) in [6, 6.07) is 18.3. The maximum Gasteiger partial charge on any atom is 0.233 e. The van der Waals surface area contributed by atoms with E-state index in [1.54, 1.807) is 6.07 Å². The van der Waals surface area contributed by atoms with Crippen molar-refractivity contribution in [3.63, 3.8) is 0 Å². The van der Waals surface area contributed by atoms with Crippen LogP contribution in [0.5, 0.6) is 0 Å². The topological polar surface area (TPSA) is 34.0 Å². The van der Waals surface area contributed by atoms with E-state index < -0.39 is 0 Å². The van der Waals surface area contributed by atoms with Gasteiger partial charge < -0.3 is 9.88 Å². The van der Waals surface area contributed by atoms with Gasteiger partial charge in [-0.2, -0.15) is 0 Å². The predicted octanol–water partition coefficient (Wildman–Crippen LogP) is 4.66. The van der Waals surface area contributed by atoms with E-state index in [0.29, 0.717) is 5.56 Å². The van der Waals surface area contributed by atoms with Gasteiger partial charge in [0.2, 0.25) is 5.91 Å². The first-order valence-electron chi connectivity index (χ1n) is 7.99. The SMILES string of the molecule is Cn1cc([CH]C(=O)Nc2ccc3ccccc3c2)c2cc(F)ccc21. The van der Waals surface area contributed by atoms with Crippen LogP contribution in [0.1, 0.15) is 5.56 Å². The van der Waals surface area contributed by atoms with Crippen LogP contribution in [0.4, 0.5) is 10.1 Å². The Hall–Kier alpha value is -3.14. The number of nitrogens with one attached hydrogen (secondary N) is 1. The average Bonchev–Trinajstić information content (AvgIpc) is 2.89. The van der Waals surface area contributed by atoms with Crippen LogP contribution in [0.15, 0.2) is 66.9 Å².